The Hall–Kier alpha value is -1.59. The maximum atomic E-state index is 12.2. The van der Waals surface area contributed by atoms with Crippen LogP contribution in [-0.4, -0.2) is 69.3 Å². The minimum absolute atomic E-state index is 0.180. The number of aryl methyl sites for hydroxylation is 1. The number of nitrogens with zero attached hydrogens (tertiary/aromatic N) is 2. The largest absolute Gasteiger partial charge is 0.496 e. The number of likely N-dealkylation sites (N-methyl/N-ethyl adjacent to an activating group) is 1. The van der Waals surface area contributed by atoms with Gasteiger partial charge in [0.25, 0.3) is 0 Å². The number of para-hydroxylation sites is 1. The fourth-order valence-electron chi connectivity index (χ4n) is 2.58. The summed E-state index contributed by atoms with van der Waals surface area (Å²) in [4.78, 5) is 16.4. The van der Waals surface area contributed by atoms with E-state index < -0.39 is 0 Å². The molecule has 2 rings (SSSR count). The standard InChI is InChI=1S/C17H26N2O3/c1-18(9-10-19-11-13-22-14-12-19)17(20)8-7-15-5-3-4-6-16(15)21-2/h3-6H,7-14H2,1-2H3. The van der Waals surface area contributed by atoms with Crippen molar-refractivity contribution in [3.05, 3.63) is 29.8 Å². The SMILES string of the molecule is COc1ccccc1CCC(=O)N(C)CCN1CCOCC1. The van der Waals surface area contributed by atoms with Crippen LogP contribution in [0.2, 0.25) is 0 Å². The molecule has 1 fully saturated rings. The third kappa shape index (κ3) is 5.00. The molecule has 0 bridgehead atoms. The highest BCUT2D eigenvalue weighted by Crippen LogP contribution is 2.19. The van der Waals surface area contributed by atoms with Gasteiger partial charge in [0, 0.05) is 39.6 Å². The predicted octanol–water partition coefficient (Wildman–Crippen LogP) is 1.42. The highest BCUT2D eigenvalue weighted by Gasteiger charge is 2.14. The van der Waals surface area contributed by atoms with Gasteiger partial charge in [0.2, 0.25) is 5.91 Å². The highest BCUT2D eigenvalue weighted by atomic mass is 16.5. The zero-order chi connectivity index (χ0) is 15.8. The lowest BCUT2D eigenvalue weighted by molar-refractivity contribution is -0.130. The minimum Gasteiger partial charge on any atom is -0.496 e. The first-order chi connectivity index (χ1) is 10.7. The van der Waals surface area contributed by atoms with Crippen LogP contribution in [0.4, 0.5) is 0 Å². The Morgan fingerprint density at radius 1 is 1.32 bits per heavy atom. The monoisotopic (exact) mass is 306 g/mol. The van der Waals surface area contributed by atoms with E-state index in [0.717, 1.165) is 50.7 Å². The predicted molar refractivity (Wildman–Crippen MR) is 86.2 cm³/mol. The normalized spacial score (nSPS) is 15.5. The lowest BCUT2D eigenvalue weighted by Crippen LogP contribution is -2.41. The van der Waals surface area contributed by atoms with Gasteiger partial charge >= 0.3 is 0 Å². The molecule has 1 amide bonds. The molecule has 1 heterocycles. The van der Waals surface area contributed by atoms with Crippen molar-refractivity contribution in [1.82, 2.24) is 9.80 Å². The average molecular weight is 306 g/mol. The van der Waals surface area contributed by atoms with Crippen molar-refractivity contribution in [1.29, 1.82) is 0 Å². The highest BCUT2D eigenvalue weighted by molar-refractivity contribution is 5.76. The number of hydrogen-bond acceptors (Lipinski definition) is 4. The van der Waals surface area contributed by atoms with Gasteiger partial charge in [0.1, 0.15) is 5.75 Å². The van der Waals surface area contributed by atoms with Crippen LogP contribution in [0.1, 0.15) is 12.0 Å². The van der Waals surface area contributed by atoms with E-state index in [-0.39, 0.29) is 5.91 Å². The van der Waals surface area contributed by atoms with Crippen LogP contribution in [-0.2, 0) is 16.0 Å². The Labute approximate surface area is 132 Å². The van der Waals surface area contributed by atoms with Crippen molar-refractivity contribution in [3.63, 3.8) is 0 Å². The van der Waals surface area contributed by atoms with Crippen molar-refractivity contribution in [2.45, 2.75) is 12.8 Å². The average Bonchev–Trinajstić information content (AvgIpc) is 2.58. The summed E-state index contributed by atoms with van der Waals surface area (Å²) in [7, 11) is 3.54. The summed E-state index contributed by atoms with van der Waals surface area (Å²) in [6.45, 7) is 5.20. The molecule has 0 unspecified atom stereocenters. The number of hydrogen-bond donors (Lipinski definition) is 0. The van der Waals surface area contributed by atoms with Gasteiger partial charge in [0.05, 0.1) is 20.3 Å². The van der Waals surface area contributed by atoms with E-state index in [1.165, 1.54) is 0 Å². The number of benzene rings is 1. The molecule has 22 heavy (non-hydrogen) atoms. The van der Waals surface area contributed by atoms with Crippen LogP contribution in [0.5, 0.6) is 5.75 Å². The van der Waals surface area contributed by atoms with Crippen LogP contribution in [0, 0.1) is 0 Å². The fourth-order valence-corrected chi connectivity index (χ4v) is 2.58. The summed E-state index contributed by atoms with van der Waals surface area (Å²) >= 11 is 0. The van der Waals surface area contributed by atoms with E-state index in [2.05, 4.69) is 4.90 Å². The van der Waals surface area contributed by atoms with Gasteiger partial charge in [0.15, 0.2) is 0 Å². The van der Waals surface area contributed by atoms with Gasteiger partial charge in [-0.05, 0) is 18.1 Å². The molecule has 0 saturated carbocycles. The summed E-state index contributed by atoms with van der Waals surface area (Å²) < 4.78 is 10.7. The van der Waals surface area contributed by atoms with E-state index in [9.17, 15) is 4.79 Å². The number of morpholine rings is 1. The molecule has 0 atom stereocenters. The molecule has 1 aliphatic heterocycles. The van der Waals surface area contributed by atoms with Gasteiger partial charge in [-0.1, -0.05) is 18.2 Å². The lowest BCUT2D eigenvalue weighted by Gasteiger charge is -2.28. The first-order valence-corrected chi connectivity index (χ1v) is 7.86. The molecule has 0 aliphatic carbocycles. The summed E-state index contributed by atoms with van der Waals surface area (Å²) in [5.41, 5.74) is 1.08. The van der Waals surface area contributed by atoms with Crippen molar-refractivity contribution in [3.8, 4) is 5.75 Å². The second kappa shape index (κ2) is 8.76. The summed E-state index contributed by atoms with van der Waals surface area (Å²) in [6, 6.07) is 7.87. The van der Waals surface area contributed by atoms with Crippen molar-refractivity contribution in [2.24, 2.45) is 0 Å². The van der Waals surface area contributed by atoms with Crippen LogP contribution in [0.15, 0.2) is 24.3 Å². The van der Waals surface area contributed by atoms with Crippen LogP contribution >= 0.6 is 0 Å². The maximum absolute atomic E-state index is 12.2. The molecule has 122 valence electrons. The number of amides is 1. The first kappa shape index (κ1) is 16.8. The van der Waals surface area contributed by atoms with Crippen molar-refractivity contribution < 1.29 is 14.3 Å². The number of ether oxygens (including phenoxy) is 2. The molecule has 1 aromatic rings. The van der Waals surface area contributed by atoms with E-state index in [1.807, 2.05) is 36.2 Å². The topological polar surface area (TPSA) is 42.0 Å². The van der Waals surface area contributed by atoms with Gasteiger partial charge < -0.3 is 14.4 Å². The molecular weight excluding hydrogens is 280 g/mol. The molecule has 5 heteroatoms. The third-order valence-electron chi connectivity index (χ3n) is 4.08. The molecule has 1 aliphatic rings. The smallest absolute Gasteiger partial charge is 0.222 e. The Kier molecular flexibility index (Phi) is 6.68. The summed E-state index contributed by atoms with van der Waals surface area (Å²) in [5, 5.41) is 0. The first-order valence-electron chi connectivity index (χ1n) is 7.86. The summed E-state index contributed by atoms with van der Waals surface area (Å²) in [6.07, 6.45) is 1.23. The van der Waals surface area contributed by atoms with Crippen molar-refractivity contribution >= 4 is 5.91 Å². The van der Waals surface area contributed by atoms with Crippen LogP contribution in [0.3, 0.4) is 0 Å². The maximum Gasteiger partial charge on any atom is 0.222 e. The van der Waals surface area contributed by atoms with Gasteiger partial charge in [-0.15, -0.1) is 0 Å². The Bertz CT molecular complexity index is 473. The molecular formula is C17H26N2O3. The minimum atomic E-state index is 0.180. The molecule has 0 N–H and O–H groups in total. The second-order valence-electron chi connectivity index (χ2n) is 5.58. The fraction of sp³-hybridized carbons (Fsp3) is 0.588. The van der Waals surface area contributed by atoms with Crippen LogP contribution in [0.25, 0.3) is 0 Å². The Morgan fingerprint density at radius 3 is 2.77 bits per heavy atom. The number of carbonyl (C=O) groups excluding carboxylic acids is 1. The van der Waals surface area contributed by atoms with Crippen molar-refractivity contribution in [2.75, 3.05) is 53.6 Å². The molecule has 5 nitrogen and oxygen atoms in total. The van der Waals surface area contributed by atoms with E-state index in [4.69, 9.17) is 9.47 Å². The quantitative estimate of drug-likeness (QED) is 0.764. The van der Waals surface area contributed by atoms with Gasteiger partial charge in [-0.2, -0.15) is 0 Å². The second-order valence-corrected chi connectivity index (χ2v) is 5.58. The van der Waals surface area contributed by atoms with Gasteiger partial charge in [-0.25, -0.2) is 0 Å². The lowest BCUT2D eigenvalue weighted by atomic mass is 10.1. The molecule has 0 aromatic heterocycles. The Morgan fingerprint density at radius 2 is 2.05 bits per heavy atom. The number of methoxy groups -OCH3 is 1. The molecule has 0 radical (unpaired) electrons. The van der Waals surface area contributed by atoms with E-state index >= 15 is 0 Å². The molecule has 1 saturated heterocycles. The molecule has 1 aromatic carbocycles. The van der Waals surface area contributed by atoms with Gasteiger partial charge in [-0.3, -0.25) is 9.69 Å². The van der Waals surface area contributed by atoms with Crippen LogP contribution < -0.4 is 4.74 Å². The zero-order valence-corrected chi connectivity index (χ0v) is 13.6. The molecule has 0 spiro atoms. The number of carbonyl (C=O) groups is 1. The summed E-state index contributed by atoms with van der Waals surface area (Å²) in [5.74, 6) is 1.03. The Balaban J connectivity index is 1.73. The van der Waals surface area contributed by atoms with E-state index in [0.29, 0.717) is 12.8 Å². The zero-order valence-electron chi connectivity index (χ0n) is 13.6. The number of rotatable bonds is 7. The third-order valence-corrected chi connectivity index (χ3v) is 4.08. The van der Waals surface area contributed by atoms with E-state index in [1.54, 1.807) is 7.11 Å².